The lowest BCUT2D eigenvalue weighted by Crippen LogP contribution is -2.66. The van der Waals surface area contributed by atoms with Gasteiger partial charge in [-0.3, -0.25) is 14.4 Å². The summed E-state index contributed by atoms with van der Waals surface area (Å²) < 4.78 is 29.2. The summed E-state index contributed by atoms with van der Waals surface area (Å²) >= 11 is 0. The molecule has 7 rings (SSSR count). The molecule has 0 aromatic heterocycles. The fraction of sp³-hybridized carbons (Fsp3) is 0.875. The lowest BCUT2D eigenvalue weighted by molar-refractivity contribution is -0.325. The van der Waals surface area contributed by atoms with Gasteiger partial charge >= 0.3 is 23.9 Å². The van der Waals surface area contributed by atoms with Gasteiger partial charge in [-0.2, -0.15) is 0 Å². The van der Waals surface area contributed by atoms with Crippen LogP contribution in [0, 0.1) is 50.2 Å². The standard InChI is InChI=1S/C48H74O18/c1-42(2)15-17-48(41(60)66-39-33(55)32(54)31(53)25(22-49)62-39)18-16-46(7)23(24(48)19-42)9-10-27-45(6)13-12-28(43(3,4)26(45)11-14-47(27,46)8)63-40-35(57)36(34(56)37(65-40)38(58)59)64-30(52)21-44(5,61)20-29(50)51/h9,24-28,31-37,39-40,49,53-57,61H,10-22H2,1-8H3,(H,50,51)(H,58,59). The number of esters is 2. The molecule has 0 bridgehead atoms. The van der Waals surface area contributed by atoms with Crippen LogP contribution in [-0.4, -0.2) is 150 Å². The van der Waals surface area contributed by atoms with Crippen LogP contribution in [0.2, 0.25) is 0 Å². The Balaban J connectivity index is 1.12. The summed E-state index contributed by atoms with van der Waals surface area (Å²) in [6.45, 7) is 16.2. The van der Waals surface area contributed by atoms with Crippen LogP contribution >= 0.6 is 0 Å². The SMILES string of the molecule is CC1(C)CCC2(C(=O)OC3OC(CO)C(O)C(O)C3O)CCC3(C)C(=CCC4C5(C)CCC(OC6OC(C(=O)O)C(O)C(OC(=O)CC(C)(O)CC(=O)O)C6O)C(C)(C)C5CCC43C)C2C1. The van der Waals surface area contributed by atoms with Gasteiger partial charge in [0.25, 0.3) is 0 Å². The number of carbonyl (C=O) groups excluding carboxylic acids is 2. The third-order valence-electron chi connectivity index (χ3n) is 18.5. The number of carboxylic acid groups (broad SMARTS) is 2. The Hall–Kier alpha value is -2.78. The molecule has 19 atom stereocenters. The van der Waals surface area contributed by atoms with E-state index in [1.54, 1.807) is 0 Å². The first-order valence-corrected chi connectivity index (χ1v) is 23.7. The van der Waals surface area contributed by atoms with Crippen molar-refractivity contribution in [2.75, 3.05) is 6.61 Å². The van der Waals surface area contributed by atoms with Gasteiger partial charge in [0.15, 0.2) is 18.5 Å². The van der Waals surface area contributed by atoms with E-state index in [2.05, 4.69) is 54.5 Å². The molecule has 66 heavy (non-hydrogen) atoms. The minimum absolute atomic E-state index is 0.0802. The molecule has 0 spiro atoms. The zero-order valence-electron chi connectivity index (χ0n) is 39.6. The maximum absolute atomic E-state index is 14.6. The van der Waals surface area contributed by atoms with E-state index in [9.17, 15) is 60.0 Å². The highest BCUT2D eigenvalue weighted by Crippen LogP contribution is 2.76. The van der Waals surface area contributed by atoms with Crippen molar-refractivity contribution in [1.29, 1.82) is 0 Å². The number of aliphatic hydroxyl groups is 7. The van der Waals surface area contributed by atoms with E-state index in [0.29, 0.717) is 25.7 Å². The van der Waals surface area contributed by atoms with E-state index in [4.69, 9.17) is 28.8 Å². The molecule has 5 aliphatic carbocycles. The first kappa shape index (κ1) is 51.1. The second-order valence-electron chi connectivity index (χ2n) is 23.4. The number of hydrogen-bond acceptors (Lipinski definition) is 16. The van der Waals surface area contributed by atoms with Gasteiger partial charge in [-0.05, 0) is 116 Å². The molecule has 9 N–H and O–H groups in total. The third kappa shape index (κ3) is 8.44. The number of fused-ring (bicyclic) bond motifs is 7. The maximum Gasteiger partial charge on any atom is 0.335 e. The molecule has 0 aromatic rings. The topological polar surface area (TPSA) is 296 Å². The van der Waals surface area contributed by atoms with Gasteiger partial charge < -0.3 is 69.6 Å². The minimum Gasteiger partial charge on any atom is -0.481 e. The van der Waals surface area contributed by atoms with Gasteiger partial charge in [-0.15, -0.1) is 0 Å². The molecule has 2 aliphatic heterocycles. The lowest BCUT2D eigenvalue weighted by atomic mass is 9.33. The molecule has 18 nitrogen and oxygen atoms in total. The monoisotopic (exact) mass is 938 g/mol. The number of aliphatic carboxylic acids is 2. The molecular formula is C48H74O18. The number of rotatable bonds is 11. The van der Waals surface area contributed by atoms with E-state index in [1.807, 2.05) is 0 Å². The quantitative estimate of drug-likeness (QED) is 0.0817. The van der Waals surface area contributed by atoms with E-state index in [-0.39, 0.29) is 39.4 Å². The van der Waals surface area contributed by atoms with Gasteiger partial charge in [0.05, 0.1) is 36.6 Å². The van der Waals surface area contributed by atoms with Crippen molar-refractivity contribution in [2.24, 2.45) is 50.2 Å². The van der Waals surface area contributed by atoms with Crippen LogP contribution in [0.1, 0.15) is 132 Å². The predicted octanol–water partition coefficient (Wildman–Crippen LogP) is 2.58. The van der Waals surface area contributed by atoms with Crippen LogP contribution in [0.15, 0.2) is 11.6 Å². The Morgan fingerprint density at radius 2 is 1.42 bits per heavy atom. The first-order valence-electron chi connectivity index (χ1n) is 23.7. The Morgan fingerprint density at radius 3 is 2.06 bits per heavy atom. The molecular weight excluding hydrogens is 865 g/mol. The van der Waals surface area contributed by atoms with Crippen LogP contribution in [0.5, 0.6) is 0 Å². The largest absolute Gasteiger partial charge is 0.481 e. The summed E-state index contributed by atoms with van der Waals surface area (Å²) in [6.07, 6.45) is -9.73. The van der Waals surface area contributed by atoms with Gasteiger partial charge in [-0.25, -0.2) is 4.79 Å². The van der Waals surface area contributed by atoms with Crippen LogP contribution in [-0.2, 0) is 42.9 Å². The van der Waals surface area contributed by atoms with Crippen LogP contribution < -0.4 is 0 Å². The number of aliphatic hydroxyl groups excluding tert-OH is 6. The van der Waals surface area contributed by atoms with Gasteiger partial charge in [0.2, 0.25) is 6.29 Å². The third-order valence-corrected chi connectivity index (χ3v) is 18.5. The Labute approximate surface area is 386 Å². The van der Waals surface area contributed by atoms with Crippen molar-refractivity contribution in [2.45, 2.75) is 206 Å². The zero-order valence-corrected chi connectivity index (χ0v) is 39.6. The first-order chi connectivity index (χ1) is 30.5. The predicted molar refractivity (Wildman–Crippen MR) is 229 cm³/mol. The number of carbonyl (C=O) groups is 4. The molecule has 18 heteroatoms. The second-order valence-corrected chi connectivity index (χ2v) is 23.4. The molecule has 2 heterocycles. The molecule has 0 aromatic carbocycles. The Kier molecular flexibility index (Phi) is 13.6. The van der Waals surface area contributed by atoms with Gasteiger partial charge in [0.1, 0.15) is 36.6 Å². The Morgan fingerprint density at radius 1 is 0.758 bits per heavy atom. The van der Waals surface area contributed by atoms with E-state index in [0.717, 1.165) is 45.4 Å². The number of carboxylic acids is 2. The highest BCUT2D eigenvalue weighted by Gasteiger charge is 2.70. The van der Waals surface area contributed by atoms with Gasteiger partial charge in [0, 0.05) is 0 Å². The summed E-state index contributed by atoms with van der Waals surface area (Å²) in [5.41, 5.74) is -3.01. The van der Waals surface area contributed by atoms with Crippen molar-refractivity contribution in [3.05, 3.63) is 11.6 Å². The van der Waals surface area contributed by atoms with Crippen molar-refractivity contribution in [1.82, 2.24) is 0 Å². The average molecular weight is 939 g/mol. The molecule has 6 fully saturated rings. The van der Waals surface area contributed by atoms with Crippen LogP contribution in [0.3, 0.4) is 0 Å². The molecule has 4 saturated carbocycles. The summed E-state index contributed by atoms with van der Waals surface area (Å²) in [6, 6.07) is 0. The smallest absolute Gasteiger partial charge is 0.335 e. The summed E-state index contributed by atoms with van der Waals surface area (Å²) in [5.74, 6) is -4.47. The fourth-order valence-corrected chi connectivity index (χ4v) is 14.6. The molecule has 0 amide bonds. The lowest BCUT2D eigenvalue weighted by Gasteiger charge is -2.71. The molecule has 2 saturated heterocycles. The highest BCUT2D eigenvalue weighted by atomic mass is 16.7. The fourth-order valence-electron chi connectivity index (χ4n) is 14.6. The van der Waals surface area contributed by atoms with E-state index >= 15 is 0 Å². The summed E-state index contributed by atoms with van der Waals surface area (Å²) in [4.78, 5) is 51.1. The van der Waals surface area contributed by atoms with Crippen LogP contribution in [0.25, 0.3) is 0 Å². The number of hydrogen-bond donors (Lipinski definition) is 9. The van der Waals surface area contributed by atoms with Crippen molar-refractivity contribution < 1.29 is 88.8 Å². The minimum atomic E-state index is -2.02. The van der Waals surface area contributed by atoms with Crippen molar-refractivity contribution in [3.63, 3.8) is 0 Å². The van der Waals surface area contributed by atoms with Gasteiger partial charge in [-0.1, -0.05) is 60.1 Å². The highest BCUT2D eigenvalue weighted by molar-refractivity contribution is 5.79. The zero-order chi connectivity index (χ0) is 48.9. The van der Waals surface area contributed by atoms with E-state index in [1.165, 1.54) is 5.57 Å². The molecule has 0 radical (unpaired) electrons. The molecule has 7 aliphatic rings. The van der Waals surface area contributed by atoms with Crippen molar-refractivity contribution in [3.8, 4) is 0 Å². The van der Waals surface area contributed by atoms with E-state index < -0.39 is 127 Å². The molecule has 374 valence electrons. The van der Waals surface area contributed by atoms with Crippen LogP contribution in [0.4, 0.5) is 0 Å². The number of allylic oxidation sites excluding steroid dienone is 2. The summed E-state index contributed by atoms with van der Waals surface area (Å²) in [5, 5.41) is 93.5. The average Bonchev–Trinajstić information content (AvgIpc) is 3.20. The second kappa shape index (κ2) is 17.6. The Bertz CT molecular complexity index is 1910. The normalized spacial score (nSPS) is 47.0. The summed E-state index contributed by atoms with van der Waals surface area (Å²) in [7, 11) is 0. The van der Waals surface area contributed by atoms with Crippen molar-refractivity contribution >= 4 is 23.9 Å². The molecule has 19 unspecified atom stereocenters. The maximum atomic E-state index is 14.6. The number of ether oxygens (including phenoxy) is 5.